The van der Waals surface area contributed by atoms with E-state index in [4.69, 9.17) is 0 Å². The molecule has 5 atom stereocenters. The van der Waals surface area contributed by atoms with Crippen LogP contribution in [0.25, 0.3) is 0 Å². The number of hydrogen-bond acceptors (Lipinski definition) is 3. The van der Waals surface area contributed by atoms with Crippen molar-refractivity contribution in [2.45, 2.75) is 64.6 Å². The Balaban J connectivity index is 2.40. The number of carbonyl (C=O) groups excluding carboxylic acids is 1. The Bertz CT molecular complexity index is 344. The van der Waals surface area contributed by atoms with Crippen molar-refractivity contribution < 1.29 is 15.0 Å². The molecule has 2 fully saturated rings. The van der Waals surface area contributed by atoms with E-state index in [1.54, 1.807) is 13.8 Å². The summed E-state index contributed by atoms with van der Waals surface area (Å²) >= 11 is 0. The third-order valence-electron chi connectivity index (χ3n) is 5.38. The van der Waals surface area contributed by atoms with Crippen LogP contribution in [0.15, 0.2) is 0 Å². The Hall–Kier alpha value is -0.410. The highest BCUT2D eigenvalue weighted by molar-refractivity contribution is 5.85. The number of fused-ring (bicyclic) bond motifs is 1. The van der Waals surface area contributed by atoms with Crippen LogP contribution in [-0.2, 0) is 4.79 Å². The van der Waals surface area contributed by atoms with Gasteiger partial charge in [-0.2, -0.15) is 0 Å². The number of carbonyl (C=O) groups is 1. The minimum Gasteiger partial charge on any atom is -0.390 e. The van der Waals surface area contributed by atoms with E-state index in [1.165, 1.54) is 0 Å². The Morgan fingerprint density at radius 1 is 1.22 bits per heavy atom. The summed E-state index contributed by atoms with van der Waals surface area (Å²) in [6, 6.07) is 0. The van der Waals surface area contributed by atoms with Crippen molar-refractivity contribution in [2.24, 2.45) is 23.7 Å². The monoisotopic (exact) mass is 254 g/mol. The van der Waals surface area contributed by atoms with Crippen LogP contribution in [0.4, 0.5) is 0 Å². The van der Waals surface area contributed by atoms with Crippen molar-refractivity contribution in [1.82, 2.24) is 0 Å². The molecule has 3 heteroatoms. The molecule has 2 N–H and O–H groups in total. The van der Waals surface area contributed by atoms with Gasteiger partial charge in [0.05, 0.1) is 17.1 Å². The van der Waals surface area contributed by atoms with E-state index in [0.29, 0.717) is 6.42 Å². The maximum absolute atomic E-state index is 12.5. The van der Waals surface area contributed by atoms with Gasteiger partial charge in [-0.1, -0.05) is 13.8 Å². The Morgan fingerprint density at radius 2 is 1.83 bits per heavy atom. The zero-order chi connectivity index (χ0) is 13.7. The average molecular weight is 254 g/mol. The number of hydrogen-bond donors (Lipinski definition) is 2. The highest BCUT2D eigenvalue weighted by atomic mass is 16.3. The predicted octanol–water partition coefficient (Wildman–Crippen LogP) is 2.15. The fourth-order valence-electron chi connectivity index (χ4n) is 4.01. The molecule has 0 aromatic rings. The molecule has 0 aliphatic heterocycles. The van der Waals surface area contributed by atoms with E-state index in [9.17, 15) is 15.0 Å². The van der Waals surface area contributed by atoms with Crippen LogP contribution in [0.5, 0.6) is 0 Å². The summed E-state index contributed by atoms with van der Waals surface area (Å²) in [5, 5.41) is 21.3. The lowest BCUT2D eigenvalue weighted by atomic mass is 9.53. The second kappa shape index (κ2) is 4.31. The van der Waals surface area contributed by atoms with Gasteiger partial charge in [-0.05, 0) is 51.4 Å². The lowest BCUT2D eigenvalue weighted by molar-refractivity contribution is -0.184. The van der Waals surface area contributed by atoms with E-state index >= 15 is 0 Å². The highest BCUT2D eigenvalue weighted by Gasteiger charge is 2.57. The minimum absolute atomic E-state index is 0.0189. The van der Waals surface area contributed by atoms with Gasteiger partial charge in [0, 0.05) is 5.92 Å². The number of aliphatic hydroxyl groups is 2. The Morgan fingerprint density at radius 3 is 2.39 bits per heavy atom. The van der Waals surface area contributed by atoms with E-state index < -0.39 is 11.2 Å². The molecular weight excluding hydrogens is 228 g/mol. The van der Waals surface area contributed by atoms with Crippen molar-refractivity contribution in [2.75, 3.05) is 0 Å². The van der Waals surface area contributed by atoms with Crippen molar-refractivity contribution in [1.29, 1.82) is 0 Å². The highest BCUT2D eigenvalue weighted by Crippen LogP contribution is 2.52. The van der Waals surface area contributed by atoms with Crippen LogP contribution in [0.2, 0.25) is 0 Å². The zero-order valence-corrected chi connectivity index (χ0v) is 11.9. The molecule has 2 saturated carbocycles. The molecule has 2 aliphatic rings. The lowest BCUT2D eigenvalue weighted by Crippen LogP contribution is -2.61. The first kappa shape index (κ1) is 14.0. The lowest BCUT2D eigenvalue weighted by Gasteiger charge is -2.54. The zero-order valence-electron chi connectivity index (χ0n) is 11.9. The van der Waals surface area contributed by atoms with Gasteiger partial charge in [0.15, 0.2) is 0 Å². The fourth-order valence-corrected chi connectivity index (χ4v) is 4.01. The van der Waals surface area contributed by atoms with Gasteiger partial charge >= 0.3 is 0 Å². The smallest absolute Gasteiger partial charge is 0.142 e. The summed E-state index contributed by atoms with van der Waals surface area (Å²) in [5.74, 6) is -0.177. The van der Waals surface area contributed by atoms with Crippen molar-refractivity contribution in [3.8, 4) is 0 Å². The standard InChI is InChI=1S/C15H26O3/c1-9-7-8-15(18)10(2)5-6-11(14(3,4)17)12(15)13(9)16/h9-12,17-18H,5-8H2,1-4H3/t9-,10-,11+,12+,15+/m0/s1. The summed E-state index contributed by atoms with van der Waals surface area (Å²) in [6.45, 7) is 7.51. The van der Waals surface area contributed by atoms with E-state index in [1.807, 2.05) is 13.8 Å². The average Bonchev–Trinajstić information content (AvgIpc) is 2.25. The van der Waals surface area contributed by atoms with Gasteiger partial charge in [0.25, 0.3) is 0 Å². The summed E-state index contributed by atoms with van der Waals surface area (Å²) in [5.41, 5.74) is -1.79. The van der Waals surface area contributed by atoms with Gasteiger partial charge in [0.1, 0.15) is 5.78 Å². The molecule has 3 nitrogen and oxygen atoms in total. The fraction of sp³-hybridized carbons (Fsp3) is 0.933. The first-order valence-corrected chi connectivity index (χ1v) is 7.16. The molecular formula is C15H26O3. The van der Waals surface area contributed by atoms with Gasteiger partial charge in [0.2, 0.25) is 0 Å². The van der Waals surface area contributed by atoms with Gasteiger partial charge in [-0.25, -0.2) is 0 Å². The third-order valence-corrected chi connectivity index (χ3v) is 5.38. The molecule has 0 bridgehead atoms. The van der Waals surface area contributed by atoms with Crippen molar-refractivity contribution in [3.63, 3.8) is 0 Å². The van der Waals surface area contributed by atoms with E-state index in [0.717, 1.165) is 19.3 Å². The molecule has 0 amide bonds. The van der Waals surface area contributed by atoms with Gasteiger partial charge in [-0.3, -0.25) is 4.79 Å². The predicted molar refractivity (Wildman–Crippen MR) is 70.0 cm³/mol. The summed E-state index contributed by atoms with van der Waals surface area (Å²) in [6.07, 6.45) is 3.19. The minimum atomic E-state index is -0.897. The molecule has 0 radical (unpaired) electrons. The van der Waals surface area contributed by atoms with E-state index in [-0.39, 0.29) is 29.5 Å². The van der Waals surface area contributed by atoms with Crippen LogP contribution in [0.3, 0.4) is 0 Å². The van der Waals surface area contributed by atoms with Crippen LogP contribution < -0.4 is 0 Å². The molecule has 0 unspecified atom stereocenters. The largest absolute Gasteiger partial charge is 0.390 e. The summed E-state index contributed by atoms with van der Waals surface area (Å²) in [7, 11) is 0. The molecule has 0 aromatic carbocycles. The SMILES string of the molecule is C[C@H]1CC[C@@]2(O)[C@@H](C)CC[C@@H](C(C)(C)O)[C@@H]2C1=O. The van der Waals surface area contributed by atoms with Crippen molar-refractivity contribution >= 4 is 5.78 Å². The normalized spacial score (nSPS) is 45.8. The first-order valence-electron chi connectivity index (χ1n) is 7.16. The van der Waals surface area contributed by atoms with Gasteiger partial charge in [-0.15, -0.1) is 0 Å². The summed E-state index contributed by atoms with van der Waals surface area (Å²) < 4.78 is 0. The Labute approximate surface area is 110 Å². The molecule has 2 aliphatic carbocycles. The van der Waals surface area contributed by atoms with E-state index in [2.05, 4.69) is 0 Å². The number of rotatable bonds is 1. The molecule has 2 rings (SSSR count). The van der Waals surface area contributed by atoms with Gasteiger partial charge < -0.3 is 10.2 Å². The van der Waals surface area contributed by atoms with Crippen LogP contribution in [-0.4, -0.2) is 27.2 Å². The second-order valence-corrected chi connectivity index (χ2v) is 7.05. The first-order chi connectivity index (χ1) is 8.18. The molecule has 0 heterocycles. The van der Waals surface area contributed by atoms with Crippen LogP contribution >= 0.6 is 0 Å². The molecule has 18 heavy (non-hydrogen) atoms. The molecule has 0 spiro atoms. The quantitative estimate of drug-likeness (QED) is 0.754. The maximum atomic E-state index is 12.5. The topological polar surface area (TPSA) is 57.5 Å². The maximum Gasteiger partial charge on any atom is 0.142 e. The number of Topliss-reactive ketones (excluding diaryl/α,β-unsaturated/α-hetero) is 1. The van der Waals surface area contributed by atoms with Crippen LogP contribution in [0.1, 0.15) is 53.4 Å². The Kier molecular flexibility index (Phi) is 3.35. The summed E-state index contributed by atoms with van der Waals surface area (Å²) in [4.78, 5) is 12.5. The van der Waals surface area contributed by atoms with Crippen molar-refractivity contribution in [3.05, 3.63) is 0 Å². The molecule has 104 valence electrons. The third kappa shape index (κ3) is 2.01. The second-order valence-electron chi connectivity index (χ2n) is 7.05. The molecule has 0 aromatic heterocycles. The van der Waals surface area contributed by atoms with Crippen LogP contribution in [0, 0.1) is 23.7 Å². The molecule has 0 saturated heterocycles. The number of ketones is 1.